The minimum atomic E-state index is -0.191. The Hall–Kier alpha value is -1.50. The highest BCUT2D eigenvalue weighted by atomic mass is 35.5. The van der Waals surface area contributed by atoms with Gasteiger partial charge in [-0.05, 0) is 0 Å². The maximum atomic E-state index is 11.8. The van der Waals surface area contributed by atoms with Crippen LogP contribution in [0.3, 0.4) is 0 Å². The number of nitrogens with one attached hydrogen (secondary N) is 2. The number of ether oxygens (including phenoxy) is 3. The second kappa shape index (κ2) is 8.63. The molecule has 0 spiro atoms. The summed E-state index contributed by atoms with van der Waals surface area (Å²) in [6, 6.07) is 3.21. The van der Waals surface area contributed by atoms with Gasteiger partial charge in [-0.3, -0.25) is 4.79 Å². The molecule has 0 aromatic heterocycles. The molecule has 0 atom stereocenters. The molecule has 0 aliphatic carbocycles. The highest BCUT2D eigenvalue weighted by Gasteiger charge is 2.12. The SMILES string of the molecule is COCCNCC(=O)Nc1cc(OC)c(Cl)cc1OC. The lowest BCUT2D eigenvalue weighted by atomic mass is 10.2. The second-order valence-corrected chi connectivity index (χ2v) is 4.31. The van der Waals surface area contributed by atoms with Crippen LogP contribution in [0, 0.1) is 0 Å². The number of carbonyl (C=O) groups is 1. The Kier molecular flexibility index (Phi) is 7.14. The van der Waals surface area contributed by atoms with Crippen molar-refractivity contribution < 1.29 is 19.0 Å². The van der Waals surface area contributed by atoms with Crippen molar-refractivity contribution in [2.24, 2.45) is 0 Å². The van der Waals surface area contributed by atoms with Crippen molar-refractivity contribution in [3.63, 3.8) is 0 Å². The molecule has 1 aromatic rings. The van der Waals surface area contributed by atoms with Crippen LogP contribution in [0.15, 0.2) is 12.1 Å². The van der Waals surface area contributed by atoms with E-state index in [-0.39, 0.29) is 12.5 Å². The largest absolute Gasteiger partial charge is 0.495 e. The van der Waals surface area contributed by atoms with Crippen LogP contribution in [-0.2, 0) is 9.53 Å². The predicted octanol–water partition coefficient (Wildman–Crippen LogP) is 1.53. The summed E-state index contributed by atoms with van der Waals surface area (Å²) in [5.74, 6) is 0.750. The third kappa shape index (κ3) is 4.88. The highest BCUT2D eigenvalue weighted by molar-refractivity contribution is 6.32. The van der Waals surface area contributed by atoms with E-state index in [0.29, 0.717) is 35.4 Å². The minimum Gasteiger partial charge on any atom is -0.495 e. The Morgan fingerprint density at radius 1 is 1.20 bits per heavy atom. The molecule has 0 radical (unpaired) electrons. The number of hydrogen-bond acceptors (Lipinski definition) is 5. The van der Waals surface area contributed by atoms with Gasteiger partial charge in [-0.1, -0.05) is 11.6 Å². The standard InChI is InChI=1S/C13H19ClN2O4/c1-18-5-4-15-8-13(17)16-10-7-11(19-2)9(14)6-12(10)20-3/h6-7,15H,4-5,8H2,1-3H3,(H,16,17). The summed E-state index contributed by atoms with van der Waals surface area (Å²) in [5, 5.41) is 6.10. The second-order valence-electron chi connectivity index (χ2n) is 3.90. The zero-order valence-corrected chi connectivity index (χ0v) is 12.5. The molecule has 2 N–H and O–H groups in total. The van der Waals surface area contributed by atoms with Gasteiger partial charge in [0.1, 0.15) is 11.5 Å². The Morgan fingerprint density at radius 2 is 1.90 bits per heavy atom. The molecule has 0 saturated carbocycles. The van der Waals surface area contributed by atoms with E-state index in [1.807, 2.05) is 0 Å². The lowest BCUT2D eigenvalue weighted by Gasteiger charge is -2.13. The monoisotopic (exact) mass is 302 g/mol. The number of rotatable bonds is 8. The Bertz CT molecular complexity index is 454. The van der Waals surface area contributed by atoms with Gasteiger partial charge in [-0.15, -0.1) is 0 Å². The maximum absolute atomic E-state index is 11.8. The molecule has 0 aliphatic heterocycles. The van der Waals surface area contributed by atoms with Crippen molar-refractivity contribution in [3.8, 4) is 11.5 Å². The van der Waals surface area contributed by atoms with Crippen molar-refractivity contribution in [1.82, 2.24) is 5.32 Å². The van der Waals surface area contributed by atoms with Crippen LogP contribution in [0.5, 0.6) is 11.5 Å². The minimum absolute atomic E-state index is 0.178. The van der Waals surface area contributed by atoms with Crippen molar-refractivity contribution in [2.45, 2.75) is 0 Å². The van der Waals surface area contributed by atoms with Crippen molar-refractivity contribution in [1.29, 1.82) is 0 Å². The van der Waals surface area contributed by atoms with E-state index < -0.39 is 0 Å². The van der Waals surface area contributed by atoms with Crippen molar-refractivity contribution in [2.75, 3.05) is 46.3 Å². The molecule has 0 unspecified atom stereocenters. The third-order valence-corrected chi connectivity index (χ3v) is 2.81. The number of amides is 1. The normalized spacial score (nSPS) is 10.2. The first kappa shape index (κ1) is 16.6. The van der Waals surface area contributed by atoms with E-state index >= 15 is 0 Å². The lowest BCUT2D eigenvalue weighted by Crippen LogP contribution is -2.30. The van der Waals surface area contributed by atoms with Crippen LogP contribution in [0.25, 0.3) is 0 Å². The number of hydrogen-bond donors (Lipinski definition) is 2. The first-order valence-corrected chi connectivity index (χ1v) is 6.41. The van der Waals surface area contributed by atoms with Gasteiger partial charge in [-0.25, -0.2) is 0 Å². The van der Waals surface area contributed by atoms with E-state index in [4.69, 9.17) is 25.8 Å². The highest BCUT2D eigenvalue weighted by Crippen LogP contribution is 2.35. The van der Waals surface area contributed by atoms with E-state index in [1.165, 1.54) is 14.2 Å². The van der Waals surface area contributed by atoms with Gasteiger partial charge in [0.15, 0.2) is 0 Å². The Balaban J connectivity index is 2.68. The first-order chi connectivity index (χ1) is 9.62. The van der Waals surface area contributed by atoms with E-state index in [9.17, 15) is 4.79 Å². The van der Waals surface area contributed by atoms with Crippen LogP contribution >= 0.6 is 11.6 Å². The quantitative estimate of drug-likeness (QED) is 0.713. The molecular weight excluding hydrogens is 284 g/mol. The summed E-state index contributed by atoms with van der Waals surface area (Å²) < 4.78 is 15.2. The van der Waals surface area contributed by atoms with Crippen LogP contribution < -0.4 is 20.1 Å². The molecule has 0 heterocycles. The zero-order chi connectivity index (χ0) is 15.0. The summed E-state index contributed by atoms with van der Waals surface area (Å²) in [6.45, 7) is 1.33. The molecule has 1 amide bonds. The van der Waals surface area contributed by atoms with Gasteiger partial charge in [-0.2, -0.15) is 0 Å². The molecule has 20 heavy (non-hydrogen) atoms. The van der Waals surface area contributed by atoms with Crippen LogP contribution in [0.4, 0.5) is 5.69 Å². The number of carbonyl (C=O) groups excluding carboxylic acids is 1. The van der Waals surface area contributed by atoms with Crippen molar-refractivity contribution in [3.05, 3.63) is 17.2 Å². The molecule has 0 aliphatic rings. The molecule has 7 heteroatoms. The summed E-state index contributed by atoms with van der Waals surface area (Å²) >= 11 is 5.99. The molecule has 0 bridgehead atoms. The van der Waals surface area contributed by atoms with E-state index in [0.717, 1.165) is 0 Å². The molecule has 0 saturated heterocycles. The van der Waals surface area contributed by atoms with Gasteiger partial charge in [0.2, 0.25) is 5.91 Å². The van der Waals surface area contributed by atoms with Gasteiger partial charge in [0, 0.05) is 25.8 Å². The van der Waals surface area contributed by atoms with Gasteiger partial charge in [0.25, 0.3) is 0 Å². The summed E-state index contributed by atoms with van der Waals surface area (Å²) in [7, 11) is 4.61. The van der Waals surface area contributed by atoms with Gasteiger partial charge in [0.05, 0.1) is 38.1 Å². The Labute approximate surface area is 123 Å². The number of anilines is 1. The first-order valence-electron chi connectivity index (χ1n) is 6.03. The smallest absolute Gasteiger partial charge is 0.238 e. The molecule has 6 nitrogen and oxygen atoms in total. The van der Waals surface area contributed by atoms with E-state index in [1.54, 1.807) is 19.2 Å². The average molecular weight is 303 g/mol. The lowest BCUT2D eigenvalue weighted by molar-refractivity contribution is -0.115. The third-order valence-electron chi connectivity index (χ3n) is 2.52. The average Bonchev–Trinajstić information content (AvgIpc) is 2.45. The van der Waals surface area contributed by atoms with E-state index in [2.05, 4.69) is 10.6 Å². The molecule has 112 valence electrons. The number of benzene rings is 1. The summed E-state index contributed by atoms with van der Waals surface area (Å²) in [6.07, 6.45) is 0. The van der Waals surface area contributed by atoms with Gasteiger partial charge >= 0.3 is 0 Å². The molecule has 1 rings (SSSR count). The zero-order valence-electron chi connectivity index (χ0n) is 11.8. The number of halogens is 1. The fourth-order valence-electron chi connectivity index (χ4n) is 1.53. The summed E-state index contributed by atoms with van der Waals surface area (Å²) in [5.41, 5.74) is 0.507. The number of methoxy groups -OCH3 is 3. The fraction of sp³-hybridized carbons (Fsp3) is 0.462. The van der Waals surface area contributed by atoms with Crippen LogP contribution in [0.2, 0.25) is 5.02 Å². The van der Waals surface area contributed by atoms with Crippen LogP contribution in [-0.4, -0.2) is 46.9 Å². The van der Waals surface area contributed by atoms with Gasteiger partial charge < -0.3 is 24.8 Å². The molecule has 1 aromatic carbocycles. The Morgan fingerprint density at radius 3 is 2.50 bits per heavy atom. The summed E-state index contributed by atoms with van der Waals surface area (Å²) in [4.78, 5) is 11.8. The molecule has 0 fully saturated rings. The van der Waals surface area contributed by atoms with Crippen molar-refractivity contribution >= 4 is 23.2 Å². The maximum Gasteiger partial charge on any atom is 0.238 e. The topological polar surface area (TPSA) is 68.8 Å². The molecular formula is C13H19ClN2O4. The van der Waals surface area contributed by atoms with Crippen LogP contribution in [0.1, 0.15) is 0 Å². The predicted molar refractivity (Wildman–Crippen MR) is 77.9 cm³/mol. The fourth-order valence-corrected chi connectivity index (χ4v) is 1.76.